The molecule has 1 N–H and O–H groups in total. The number of carboxylic acids is 1. The SMILES string of the molecule is C[C@@H](Oc1cccc(F)c1)C(=O)N1CCC[C@@H](CCC(=O)O)C1. The number of ether oxygens (including phenoxy) is 1. The van der Waals surface area contributed by atoms with Crippen molar-refractivity contribution in [1.82, 2.24) is 4.90 Å². The minimum absolute atomic E-state index is 0.127. The van der Waals surface area contributed by atoms with Gasteiger partial charge in [0.1, 0.15) is 11.6 Å². The van der Waals surface area contributed by atoms with E-state index in [1.165, 1.54) is 18.2 Å². The van der Waals surface area contributed by atoms with E-state index in [-0.39, 0.29) is 18.2 Å². The maximum Gasteiger partial charge on any atom is 0.303 e. The molecule has 0 aliphatic carbocycles. The molecule has 1 heterocycles. The van der Waals surface area contributed by atoms with Gasteiger partial charge in [-0.1, -0.05) is 6.07 Å². The lowest BCUT2D eigenvalue weighted by Crippen LogP contribution is -2.45. The molecule has 1 fully saturated rings. The number of likely N-dealkylation sites (tertiary alicyclic amines) is 1. The first kappa shape index (κ1) is 17.2. The molecule has 0 aromatic heterocycles. The quantitative estimate of drug-likeness (QED) is 0.874. The van der Waals surface area contributed by atoms with E-state index in [1.807, 2.05) is 0 Å². The number of hydrogen-bond acceptors (Lipinski definition) is 3. The van der Waals surface area contributed by atoms with Crippen molar-refractivity contribution in [2.75, 3.05) is 13.1 Å². The van der Waals surface area contributed by atoms with Crippen molar-refractivity contribution in [3.8, 4) is 5.75 Å². The minimum atomic E-state index is -0.809. The van der Waals surface area contributed by atoms with Crippen LogP contribution in [0.5, 0.6) is 5.75 Å². The van der Waals surface area contributed by atoms with E-state index >= 15 is 0 Å². The largest absolute Gasteiger partial charge is 0.481 e. The Labute approximate surface area is 135 Å². The summed E-state index contributed by atoms with van der Waals surface area (Å²) in [7, 11) is 0. The second-order valence-electron chi connectivity index (χ2n) is 5.94. The van der Waals surface area contributed by atoms with Gasteiger partial charge in [0.25, 0.3) is 5.91 Å². The normalized spacial score (nSPS) is 19.2. The summed E-state index contributed by atoms with van der Waals surface area (Å²) in [4.78, 5) is 24.8. The summed E-state index contributed by atoms with van der Waals surface area (Å²) in [5.41, 5.74) is 0. The molecule has 1 aromatic rings. The smallest absolute Gasteiger partial charge is 0.303 e. The number of aliphatic carboxylic acids is 1. The molecule has 1 aromatic carbocycles. The lowest BCUT2D eigenvalue weighted by Gasteiger charge is -2.34. The van der Waals surface area contributed by atoms with Crippen molar-refractivity contribution in [2.24, 2.45) is 5.92 Å². The van der Waals surface area contributed by atoms with E-state index in [2.05, 4.69) is 0 Å². The van der Waals surface area contributed by atoms with E-state index < -0.39 is 17.9 Å². The molecule has 0 bridgehead atoms. The third-order valence-electron chi connectivity index (χ3n) is 4.05. The molecular weight excluding hydrogens is 301 g/mol. The fraction of sp³-hybridized carbons (Fsp3) is 0.529. The van der Waals surface area contributed by atoms with Crippen molar-refractivity contribution in [3.05, 3.63) is 30.1 Å². The fourth-order valence-electron chi connectivity index (χ4n) is 2.88. The van der Waals surface area contributed by atoms with Gasteiger partial charge in [0.15, 0.2) is 6.10 Å². The Morgan fingerprint density at radius 3 is 2.96 bits per heavy atom. The summed E-state index contributed by atoms with van der Waals surface area (Å²) >= 11 is 0. The van der Waals surface area contributed by atoms with Crippen molar-refractivity contribution < 1.29 is 23.8 Å². The number of carbonyl (C=O) groups excluding carboxylic acids is 1. The number of nitrogens with zero attached hydrogens (tertiary/aromatic N) is 1. The lowest BCUT2D eigenvalue weighted by molar-refractivity contribution is -0.140. The van der Waals surface area contributed by atoms with Gasteiger partial charge in [0, 0.05) is 25.6 Å². The standard InChI is InChI=1S/C17H22FNO4/c1-12(23-15-6-2-5-14(18)10-15)17(22)19-9-3-4-13(11-19)7-8-16(20)21/h2,5-6,10,12-13H,3-4,7-9,11H2,1H3,(H,20,21)/t12-,13+/m1/s1. The number of hydrogen-bond donors (Lipinski definition) is 1. The van der Waals surface area contributed by atoms with Gasteiger partial charge in [-0.15, -0.1) is 0 Å². The van der Waals surface area contributed by atoms with Crippen molar-refractivity contribution in [3.63, 3.8) is 0 Å². The molecule has 1 aliphatic rings. The van der Waals surface area contributed by atoms with Crippen LogP contribution >= 0.6 is 0 Å². The molecule has 1 amide bonds. The van der Waals surface area contributed by atoms with E-state index in [0.717, 1.165) is 12.8 Å². The molecule has 23 heavy (non-hydrogen) atoms. The molecule has 0 saturated carbocycles. The van der Waals surface area contributed by atoms with Crippen molar-refractivity contribution in [1.29, 1.82) is 0 Å². The van der Waals surface area contributed by atoms with E-state index in [4.69, 9.17) is 9.84 Å². The first-order valence-corrected chi connectivity index (χ1v) is 7.88. The van der Waals surface area contributed by atoms with Gasteiger partial charge in [-0.05, 0) is 44.2 Å². The number of halogens is 1. The highest BCUT2D eigenvalue weighted by molar-refractivity contribution is 5.81. The Morgan fingerprint density at radius 1 is 1.48 bits per heavy atom. The van der Waals surface area contributed by atoms with Crippen molar-refractivity contribution in [2.45, 2.75) is 38.7 Å². The summed E-state index contributed by atoms with van der Waals surface area (Å²) in [5, 5.41) is 8.76. The third kappa shape index (κ3) is 5.23. The Kier molecular flexibility index (Phi) is 5.96. The van der Waals surface area contributed by atoms with Gasteiger partial charge in [0.05, 0.1) is 0 Å². The predicted octanol–water partition coefficient (Wildman–Crippen LogP) is 2.70. The van der Waals surface area contributed by atoms with Crippen LogP contribution in [0.4, 0.5) is 4.39 Å². The average Bonchev–Trinajstić information content (AvgIpc) is 2.52. The van der Waals surface area contributed by atoms with Crippen LogP contribution in [0, 0.1) is 11.7 Å². The lowest BCUT2D eigenvalue weighted by atomic mass is 9.93. The average molecular weight is 323 g/mol. The maximum atomic E-state index is 13.2. The van der Waals surface area contributed by atoms with E-state index in [9.17, 15) is 14.0 Å². The van der Waals surface area contributed by atoms with Crippen molar-refractivity contribution >= 4 is 11.9 Å². The second-order valence-corrected chi connectivity index (χ2v) is 5.94. The van der Waals surface area contributed by atoms with E-state index in [1.54, 1.807) is 17.9 Å². The highest BCUT2D eigenvalue weighted by Gasteiger charge is 2.28. The molecule has 1 aliphatic heterocycles. The van der Waals surface area contributed by atoms with Crippen LogP contribution in [0.3, 0.4) is 0 Å². The molecule has 0 radical (unpaired) electrons. The van der Waals surface area contributed by atoms with Crippen LogP contribution in [0.2, 0.25) is 0 Å². The number of carboxylic acid groups (broad SMARTS) is 1. The number of amides is 1. The summed E-state index contributed by atoms with van der Waals surface area (Å²) in [6.07, 6.45) is 1.81. The molecule has 6 heteroatoms. The monoisotopic (exact) mass is 323 g/mol. The summed E-state index contributed by atoms with van der Waals surface area (Å²) in [6, 6.07) is 5.70. The predicted molar refractivity (Wildman–Crippen MR) is 82.7 cm³/mol. The molecule has 5 nitrogen and oxygen atoms in total. The fourth-order valence-corrected chi connectivity index (χ4v) is 2.88. The van der Waals surface area contributed by atoms with Gasteiger partial charge in [-0.2, -0.15) is 0 Å². The first-order valence-electron chi connectivity index (χ1n) is 7.88. The zero-order chi connectivity index (χ0) is 16.8. The number of piperidine rings is 1. The Morgan fingerprint density at radius 2 is 2.26 bits per heavy atom. The second kappa shape index (κ2) is 7.94. The van der Waals surface area contributed by atoms with Gasteiger partial charge in [-0.25, -0.2) is 4.39 Å². The molecular formula is C17H22FNO4. The minimum Gasteiger partial charge on any atom is -0.481 e. The highest BCUT2D eigenvalue weighted by atomic mass is 19.1. The molecule has 1 saturated heterocycles. The molecule has 0 unspecified atom stereocenters. The van der Waals surface area contributed by atoms with Crippen LogP contribution in [-0.2, 0) is 9.59 Å². The molecule has 126 valence electrons. The summed E-state index contributed by atoms with van der Waals surface area (Å²) in [6.45, 7) is 2.86. The van der Waals surface area contributed by atoms with Gasteiger partial charge in [-0.3, -0.25) is 9.59 Å². The Bertz CT molecular complexity index is 563. The molecule has 2 rings (SSSR count). The van der Waals surface area contributed by atoms with Crippen LogP contribution < -0.4 is 4.74 Å². The van der Waals surface area contributed by atoms with Crippen LogP contribution in [0.1, 0.15) is 32.6 Å². The zero-order valence-corrected chi connectivity index (χ0v) is 13.2. The Balaban J connectivity index is 1.89. The summed E-state index contributed by atoms with van der Waals surface area (Å²) in [5.74, 6) is -0.824. The van der Waals surface area contributed by atoms with Crippen LogP contribution in [-0.4, -0.2) is 41.1 Å². The number of rotatable bonds is 6. The maximum absolute atomic E-state index is 13.2. The Hall–Kier alpha value is -2.11. The number of benzene rings is 1. The van der Waals surface area contributed by atoms with Crippen LogP contribution in [0.25, 0.3) is 0 Å². The highest BCUT2D eigenvalue weighted by Crippen LogP contribution is 2.22. The first-order chi connectivity index (χ1) is 11.0. The topological polar surface area (TPSA) is 66.8 Å². The van der Waals surface area contributed by atoms with Crippen LogP contribution in [0.15, 0.2) is 24.3 Å². The molecule has 2 atom stereocenters. The molecule has 0 spiro atoms. The van der Waals surface area contributed by atoms with Gasteiger partial charge >= 0.3 is 5.97 Å². The number of carbonyl (C=O) groups is 2. The van der Waals surface area contributed by atoms with Gasteiger partial charge < -0.3 is 14.7 Å². The third-order valence-corrected chi connectivity index (χ3v) is 4.05. The van der Waals surface area contributed by atoms with Gasteiger partial charge in [0.2, 0.25) is 0 Å². The zero-order valence-electron chi connectivity index (χ0n) is 13.2. The van der Waals surface area contributed by atoms with E-state index in [0.29, 0.717) is 25.3 Å². The summed E-state index contributed by atoms with van der Waals surface area (Å²) < 4.78 is 18.7.